The highest BCUT2D eigenvalue weighted by Gasteiger charge is 2.34. The molecule has 9 heteroatoms. The summed E-state index contributed by atoms with van der Waals surface area (Å²) in [6.45, 7) is 8.60. The smallest absolute Gasteiger partial charge is 0.227 e. The Kier molecular flexibility index (Phi) is 6.16. The molecule has 0 N–H and O–H groups in total. The monoisotopic (exact) mass is 464 g/mol. The largest absolute Gasteiger partial charge is 0.340 e. The average Bonchev–Trinajstić information content (AvgIpc) is 3.24. The lowest BCUT2D eigenvalue weighted by molar-refractivity contribution is -0.132. The molecule has 2 saturated heterocycles. The minimum absolute atomic E-state index is 0.0892. The lowest BCUT2D eigenvalue weighted by Gasteiger charge is -2.37. The molecular weight excluding hydrogens is 436 g/mol. The van der Waals surface area contributed by atoms with Gasteiger partial charge in [-0.05, 0) is 44.9 Å². The Hall–Kier alpha value is -1.90. The van der Waals surface area contributed by atoms with Crippen molar-refractivity contribution in [2.75, 3.05) is 37.7 Å². The summed E-state index contributed by atoms with van der Waals surface area (Å²) in [7, 11) is -2.89. The zero-order valence-electron chi connectivity index (χ0n) is 18.3. The Balaban J connectivity index is 1.41. The first-order valence-corrected chi connectivity index (χ1v) is 12.9. The van der Waals surface area contributed by atoms with Gasteiger partial charge in [-0.25, -0.2) is 13.1 Å². The normalized spacial score (nSPS) is 21.5. The number of carbonyl (C=O) groups is 1. The molecular formula is C22H29ClN4O3S. The molecule has 2 aliphatic rings. The van der Waals surface area contributed by atoms with E-state index in [-0.39, 0.29) is 23.5 Å². The molecule has 0 aliphatic carbocycles. The van der Waals surface area contributed by atoms with Crippen LogP contribution in [-0.4, -0.2) is 77.6 Å². The molecule has 0 bridgehead atoms. The van der Waals surface area contributed by atoms with E-state index in [0.29, 0.717) is 31.0 Å². The van der Waals surface area contributed by atoms with Gasteiger partial charge < -0.3 is 4.90 Å². The van der Waals surface area contributed by atoms with Crippen molar-refractivity contribution in [2.24, 2.45) is 0 Å². The number of hydrogen-bond donors (Lipinski definition) is 0. The number of aryl methyl sites for hydroxylation is 2. The summed E-state index contributed by atoms with van der Waals surface area (Å²) in [4.78, 5) is 17.1. The van der Waals surface area contributed by atoms with Gasteiger partial charge in [0.2, 0.25) is 5.91 Å². The Morgan fingerprint density at radius 3 is 2.48 bits per heavy atom. The third kappa shape index (κ3) is 4.66. The summed E-state index contributed by atoms with van der Waals surface area (Å²) in [6.07, 6.45) is 1.02. The molecule has 7 nitrogen and oxygen atoms in total. The van der Waals surface area contributed by atoms with Crippen LogP contribution in [0.1, 0.15) is 28.9 Å². The fourth-order valence-electron chi connectivity index (χ4n) is 4.56. The minimum atomic E-state index is -2.89. The van der Waals surface area contributed by atoms with Crippen molar-refractivity contribution in [3.63, 3.8) is 0 Å². The first-order valence-electron chi connectivity index (χ1n) is 10.7. The van der Waals surface area contributed by atoms with Crippen LogP contribution < -0.4 is 0 Å². The molecule has 2 aliphatic heterocycles. The molecule has 1 aromatic carbocycles. The number of nitrogens with zero attached hydrogens (tertiary/aromatic N) is 4. The van der Waals surface area contributed by atoms with Crippen LogP contribution in [0.4, 0.5) is 0 Å². The van der Waals surface area contributed by atoms with Crippen LogP contribution in [-0.2, 0) is 21.1 Å². The zero-order valence-corrected chi connectivity index (χ0v) is 19.8. The van der Waals surface area contributed by atoms with E-state index in [0.717, 1.165) is 41.3 Å². The highest BCUT2D eigenvalue weighted by molar-refractivity contribution is 7.91. The number of piperazine rings is 1. The first kappa shape index (κ1) is 22.3. The van der Waals surface area contributed by atoms with Crippen LogP contribution in [0.2, 0.25) is 5.02 Å². The van der Waals surface area contributed by atoms with Gasteiger partial charge >= 0.3 is 0 Å². The standard InChI is InChI=1S/C22H29ClN4O3S/c1-15-4-5-18(12-21(15)23)27-17(3)20(16(2)24-27)13-22(28)26-9-7-25(8-10-26)19-6-11-31(29,30)14-19/h4-5,12,19H,6-11,13-14H2,1-3H3. The van der Waals surface area contributed by atoms with Gasteiger partial charge in [0.15, 0.2) is 9.84 Å². The van der Waals surface area contributed by atoms with E-state index in [1.807, 2.05) is 48.6 Å². The average molecular weight is 465 g/mol. The van der Waals surface area contributed by atoms with Crippen molar-refractivity contribution in [2.45, 2.75) is 39.7 Å². The van der Waals surface area contributed by atoms with Gasteiger partial charge in [-0.2, -0.15) is 5.10 Å². The molecule has 1 aromatic heterocycles. The highest BCUT2D eigenvalue weighted by atomic mass is 35.5. The van der Waals surface area contributed by atoms with E-state index in [1.165, 1.54) is 0 Å². The Morgan fingerprint density at radius 1 is 1.16 bits per heavy atom. The molecule has 2 fully saturated rings. The molecule has 31 heavy (non-hydrogen) atoms. The number of amides is 1. The summed E-state index contributed by atoms with van der Waals surface area (Å²) in [5, 5.41) is 5.34. The van der Waals surface area contributed by atoms with E-state index in [4.69, 9.17) is 11.6 Å². The summed E-state index contributed by atoms with van der Waals surface area (Å²) < 4.78 is 25.4. The molecule has 4 rings (SSSR count). The molecule has 1 atom stereocenters. The zero-order chi connectivity index (χ0) is 22.3. The maximum absolute atomic E-state index is 13.0. The molecule has 1 unspecified atom stereocenters. The maximum Gasteiger partial charge on any atom is 0.227 e. The van der Waals surface area contributed by atoms with Gasteiger partial charge in [-0.15, -0.1) is 0 Å². The number of hydrogen-bond acceptors (Lipinski definition) is 5. The second-order valence-corrected chi connectivity index (χ2v) is 11.3. The fourth-order valence-corrected chi connectivity index (χ4v) is 6.49. The van der Waals surface area contributed by atoms with Gasteiger partial charge in [0.25, 0.3) is 0 Å². The highest BCUT2D eigenvalue weighted by Crippen LogP contribution is 2.24. The van der Waals surface area contributed by atoms with Crippen LogP contribution in [0, 0.1) is 20.8 Å². The van der Waals surface area contributed by atoms with Crippen LogP contribution in [0.3, 0.4) is 0 Å². The predicted molar refractivity (Wildman–Crippen MR) is 122 cm³/mol. The predicted octanol–water partition coefficient (Wildman–Crippen LogP) is 2.32. The van der Waals surface area contributed by atoms with E-state index in [9.17, 15) is 13.2 Å². The Bertz CT molecular complexity index is 1100. The van der Waals surface area contributed by atoms with Crippen LogP contribution in [0.25, 0.3) is 5.69 Å². The van der Waals surface area contributed by atoms with Gasteiger partial charge in [0.05, 0.1) is 29.3 Å². The fraction of sp³-hybridized carbons (Fsp3) is 0.545. The summed E-state index contributed by atoms with van der Waals surface area (Å²) >= 11 is 6.28. The molecule has 0 spiro atoms. The van der Waals surface area contributed by atoms with Crippen LogP contribution in [0.15, 0.2) is 18.2 Å². The third-order valence-electron chi connectivity index (χ3n) is 6.56. The second-order valence-electron chi connectivity index (χ2n) is 8.65. The molecule has 0 saturated carbocycles. The lowest BCUT2D eigenvalue weighted by Crippen LogP contribution is -2.52. The second kappa shape index (κ2) is 8.56. The number of halogens is 1. The van der Waals surface area contributed by atoms with Crippen molar-refractivity contribution in [1.82, 2.24) is 19.6 Å². The molecule has 168 valence electrons. The summed E-state index contributed by atoms with van der Waals surface area (Å²) in [5.41, 5.74) is 4.63. The quantitative estimate of drug-likeness (QED) is 0.694. The van der Waals surface area contributed by atoms with Crippen LogP contribution >= 0.6 is 11.6 Å². The van der Waals surface area contributed by atoms with Gasteiger partial charge in [0.1, 0.15) is 0 Å². The summed E-state index contributed by atoms with van der Waals surface area (Å²) in [5.74, 6) is 0.624. The molecule has 2 aromatic rings. The van der Waals surface area contributed by atoms with Crippen molar-refractivity contribution in [3.8, 4) is 5.69 Å². The SMILES string of the molecule is Cc1ccc(-n2nc(C)c(CC(=O)N3CCN(C4CCS(=O)(=O)C4)CC3)c2C)cc1Cl. The van der Waals surface area contributed by atoms with E-state index in [1.54, 1.807) is 0 Å². The van der Waals surface area contributed by atoms with Crippen molar-refractivity contribution < 1.29 is 13.2 Å². The van der Waals surface area contributed by atoms with E-state index >= 15 is 0 Å². The van der Waals surface area contributed by atoms with E-state index < -0.39 is 9.84 Å². The Labute approximate surface area is 188 Å². The maximum atomic E-state index is 13.0. The van der Waals surface area contributed by atoms with Gasteiger partial charge in [-0.3, -0.25) is 9.69 Å². The number of rotatable bonds is 4. The summed E-state index contributed by atoms with van der Waals surface area (Å²) in [6, 6.07) is 5.94. The van der Waals surface area contributed by atoms with Crippen molar-refractivity contribution in [1.29, 1.82) is 0 Å². The third-order valence-corrected chi connectivity index (χ3v) is 8.72. The van der Waals surface area contributed by atoms with Crippen LogP contribution in [0.5, 0.6) is 0 Å². The molecule has 0 radical (unpaired) electrons. The van der Waals surface area contributed by atoms with E-state index in [2.05, 4.69) is 10.00 Å². The number of aromatic nitrogens is 2. The first-order chi connectivity index (χ1) is 14.6. The van der Waals surface area contributed by atoms with Gasteiger partial charge in [-0.1, -0.05) is 17.7 Å². The minimum Gasteiger partial charge on any atom is -0.340 e. The number of benzene rings is 1. The number of sulfone groups is 1. The lowest BCUT2D eigenvalue weighted by atomic mass is 10.1. The molecule has 1 amide bonds. The molecule has 3 heterocycles. The van der Waals surface area contributed by atoms with Crippen molar-refractivity contribution >= 4 is 27.3 Å². The topological polar surface area (TPSA) is 75.5 Å². The number of carbonyl (C=O) groups excluding carboxylic acids is 1. The van der Waals surface area contributed by atoms with Gasteiger partial charge in [0, 0.05) is 48.5 Å². The Morgan fingerprint density at radius 2 is 1.87 bits per heavy atom. The van der Waals surface area contributed by atoms with Crippen molar-refractivity contribution in [3.05, 3.63) is 45.7 Å².